The maximum Gasteiger partial charge on any atom is 0.315 e. The van der Waals surface area contributed by atoms with Crippen molar-refractivity contribution in [3.63, 3.8) is 0 Å². The number of unbranched alkanes of at least 4 members (excludes halogenated alkanes) is 10. The van der Waals surface area contributed by atoms with E-state index < -0.39 is 67.2 Å². The van der Waals surface area contributed by atoms with E-state index in [0.29, 0.717) is 6.42 Å². The number of cyclic esters (lactones) is 1. The third kappa shape index (κ3) is 10.1. The molecular weight excluding hydrogens is 484 g/mol. The summed E-state index contributed by atoms with van der Waals surface area (Å²) in [5.41, 5.74) is 0. The van der Waals surface area contributed by atoms with Gasteiger partial charge in [-0.1, -0.05) is 71.1 Å². The Morgan fingerprint density at radius 2 is 1.41 bits per heavy atom. The summed E-state index contributed by atoms with van der Waals surface area (Å²) in [6.07, 6.45) is 5.33. The Morgan fingerprint density at radius 1 is 0.865 bits per heavy atom. The molecule has 0 bridgehead atoms. The minimum absolute atomic E-state index is 0.194. The molecule has 0 spiro atoms. The SMILES string of the molecule is C[C@H](O)CCCCCCCCCCCCC[C@@H]1OC(=O)[C@H](C)[C@H]1C(=O)O[C@@H]1O[C@H](CO)[C@@H](O)[C@H](O)[C@H]1O. The van der Waals surface area contributed by atoms with Gasteiger partial charge >= 0.3 is 11.9 Å². The fraction of sp³-hybridized carbons (Fsp3) is 0.926. The van der Waals surface area contributed by atoms with E-state index in [9.17, 15) is 35.1 Å². The topological polar surface area (TPSA) is 163 Å². The summed E-state index contributed by atoms with van der Waals surface area (Å²) >= 11 is 0. The number of carbonyl (C=O) groups excluding carboxylic acids is 2. The molecule has 10 nitrogen and oxygen atoms in total. The third-order valence-corrected chi connectivity index (χ3v) is 7.54. The van der Waals surface area contributed by atoms with E-state index >= 15 is 0 Å². The van der Waals surface area contributed by atoms with E-state index in [1.54, 1.807) is 6.92 Å². The zero-order valence-corrected chi connectivity index (χ0v) is 22.4. The first-order chi connectivity index (χ1) is 17.7. The molecule has 0 radical (unpaired) electrons. The summed E-state index contributed by atoms with van der Waals surface area (Å²) in [7, 11) is 0. The fourth-order valence-electron chi connectivity index (χ4n) is 5.13. The van der Waals surface area contributed by atoms with Crippen molar-refractivity contribution in [3.8, 4) is 0 Å². The average Bonchev–Trinajstić information content (AvgIpc) is 3.15. The second kappa shape index (κ2) is 16.6. The van der Waals surface area contributed by atoms with Crippen LogP contribution in [0.3, 0.4) is 0 Å². The molecule has 2 aliphatic heterocycles. The van der Waals surface area contributed by atoms with Crippen molar-refractivity contribution in [2.75, 3.05) is 6.61 Å². The van der Waals surface area contributed by atoms with Gasteiger partial charge in [0.15, 0.2) is 0 Å². The molecule has 9 atom stereocenters. The van der Waals surface area contributed by atoms with Crippen molar-refractivity contribution in [1.82, 2.24) is 0 Å². The number of carbonyl (C=O) groups is 2. The number of aliphatic hydroxyl groups excluding tert-OH is 5. The van der Waals surface area contributed by atoms with Crippen LogP contribution in [0.5, 0.6) is 0 Å². The third-order valence-electron chi connectivity index (χ3n) is 7.54. The largest absolute Gasteiger partial charge is 0.461 e. The lowest BCUT2D eigenvalue weighted by molar-refractivity contribution is -0.294. The Balaban J connectivity index is 1.65. The van der Waals surface area contributed by atoms with Crippen LogP contribution in [-0.2, 0) is 23.8 Å². The predicted octanol–water partition coefficient (Wildman–Crippen LogP) is 1.96. The van der Waals surface area contributed by atoms with E-state index in [0.717, 1.165) is 38.5 Å². The first-order valence-corrected chi connectivity index (χ1v) is 14.1. The molecule has 2 fully saturated rings. The normalized spacial score (nSPS) is 32.8. The van der Waals surface area contributed by atoms with Gasteiger partial charge in [0.25, 0.3) is 0 Å². The van der Waals surface area contributed by atoms with Gasteiger partial charge in [0.05, 0.1) is 18.6 Å². The van der Waals surface area contributed by atoms with Crippen LogP contribution in [-0.4, -0.2) is 87.0 Å². The average molecular weight is 533 g/mol. The van der Waals surface area contributed by atoms with Crippen LogP contribution in [0.25, 0.3) is 0 Å². The van der Waals surface area contributed by atoms with E-state index in [1.807, 2.05) is 6.92 Å². The minimum atomic E-state index is -1.69. The first kappa shape index (κ1) is 31.9. The lowest BCUT2D eigenvalue weighted by Gasteiger charge is -2.39. The second-order valence-electron chi connectivity index (χ2n) is 10.7. The molecular formula is C27H48O10. The summed E-state index contributed by atoms with van der Waals surface area (Å²) < 4.78 is 16.0. The van der Waals surface area contributed by atoms with Crippen molar-refractivity contribution in [2.45, 2.75) is 140 Å². The molecule has 216 valence electrons. The fourth-order valence-corrected chi connectivity index (χ4v) is 5.13. The van der Waals surface area contributed by atoms with E-state index in [4.69, 9.17) is 14.2 Å². The Kier molecular flexibility index (Phi) is 14.3. The molecule has 0 aromatic heterocycles. The molecule has 2 saturated heterocycles. The monoisotopic (exact) mass is 532 g/mol. The summed E-state index contributed by atoms with van der Waals surface area (Å²) in [5, 5.41) is 48.5. The van der Waals surface area contributed by atoms with Gasteiger partial charge in [-0.2, -0.15) is 0 Å². The predicted molar refractivity (Wildman–Crippen MR) is 134 cm³/mol. The van der Waals surface area contributed by atoms with Gasteiger partial charge in [-0.25, -0.2) is 0 Å². The highest BCUT2D eigenvalue weighted by Crippen LogP contribution is 2.34. The number of rotatable bonds is 17. The molecule has 0 aromatic carbocycles. The quantitative estimate of drug-likeness (QED) is 0.138. The van der Waals surface area contributed by atoms with Crippen LogP contribution >= 0.6 is 0 Å². The molecule has 2 heterocycles. The smallest absolute Gasteiger partial charge is 0.315 e. The Hall–Kier alpha value is -1.30. The first-order valence-electron chi connectivity index (χ1n) is 14.1. The summed E-state index contributed by atoms with van der Waals surface area (Å²) in [6.45, 7) is 2.80. The van der Waals surface area contributed by atoms with Crippen molar-refractivity contribution < 1.29 is 49.3 Å². The number of esters is 2. The summed E-state index contributed by atoms with van der Waals surface area (Å²) in [6, 6.07) is 0. The zero-order chi connectivity index (χ0) is 27.4. The molecule has 5 N–H and O–H groups in total. The van der Waals surface area contributed by atoms with Crippen molar-refractivity contribution in [1.29, 1.82) is 0 Å². The molecule has 2 rings (SSSR count). The molecule has 0 aromatic rings. The Labute approximate surface area is 220 Å². The molecule has 0 unspecified atom stereocenters. The molecule has 0 aliphatic carbocycles. The Bertz CT molecular complexity index is 670. The molecule has 37 heavy (non-hydrogen) atoms. The number of ether oxygens (including phenoxy) is 3. The molecule has 10 heteroatoms. The van der Waals surface area contributed by atoms with Crippen LogP contribution in [0.15, 0.2) is 0 Å². The summed E-state index contributed by atoms with van der Waals surface area (Å²) in [4.78, 5) is 25.1. The van der Waals surface area contributed by atoms with Gasteiger partial charge in [0.2, 0.25) is 6.29 Å². The van der Waals surface area contributed by atoms with Crippen LogP contribution < -0.4 is 0 Å². The van der Waals surface area contributed by atoms with Crippen molar-refractivity contribution in [3.05, 3.63) is 0 Å². The maximum absolute atomic E-state index is 12.9. The van der Waals surface area contributed by atoms with Crippen LogP contribution in [0.2, 0.25) is 0 Å². The van der Waals surface area contributed by atoms with E-state index in [2.05, 4.69) is 0 Å². The van der Waals surface area contributed by atoms with Gasteiger partial charge in [-0.05, 0) is 26.2 Å². The number of hydrogen-bond donors (Lipinski definition) is 5. The van der Waals surface area contributed by atoms with Crippen LogP contribution in [0, 0.1) is 11.8 Å². The maximum atomic E-state index is 12.9. The lowest BCUT2D eigenvalue weighted by atomic mass is 9.89. The number of aliphatic hydroxyl groups is 5. The van der Waals surface area contributed by atoms with Gasteiger partial charge < -0.3 is 39.7 Å². The van der Waals surface area contributed by atoms with Gasteiger partial charge in [-0.3, -0.25) is 9.59 Å². The van der Waals surface area contributed by atoms with E-state index in [1.165, 1.54) is 38.5 Å². The highest BCUT2D eigenvalue weighted by atomic mass is 16.7. The molecule has 0 saturated carbocycles. The van der Waals surface area contributed by atoms with Gasteiger partial charge in [0.1, 0.15) is 36.4 Å². The number of hydrogen-bond acceptors (Lipinski definition) is 10. The van der Waals surface area contributed by atoms with Gasteiger partial charge in [-0.15, -0.1) is 0 Å². The minimum Gasteiger partial charge on any atom is -0.461 e. The van der Waals surface area contributed by atoms with Crippen LogP contribution in [0.4, 0.5) is 0 Å². The standard InChI is InChI=1S/C27H48O10/c1-17(29)14-12-10-8-6-4-3-5-7-9-11-13-15-19-21(18(2)25(33)35-19)26(34)37-27-24(32)23(31)22(30)20(16-28)36-27/h17-24,27-32H,3-16H2,1-2H3/t17-,18+,19-,20+,21+,22+,23-,24+,27-/m0/s1. The van der Waals surface area contributed by atoms with E-state index in [-0.39, 0.29) is 6.10 Å². The highest BCUT2D eigenvalue weighted by molar-refractivity contribution is 5.85. The summed E-state index contributed by atoms with van der Waals surface area (Å²) in [5.74, 6) is -2.83. The molecule has 2 aliphatic rings. The van der Waals surface area contributed by atoms with Crippen LogP contribution in [0.1, 0.15) is 97.3 Å². The zero-order valence-electron chi connectivity index (χ0n) is 22.4. The molecule has 0 amide bonds. The van der Waals surface area contributed by atoms with Crippen molar-refractivity contribution >= 4 is 11.9 Å². The lowest BCUT2D eigenvalue weighted by Crippen LogP contribution is -2.59. The second-order valence-corrected chi connectivity index (χ2v) is 10.7. The highest BCUT2D eigenvalue weighted by Gasteiger charge is 2.50. The van der Waals surface area contributed by atoms with Crippen molar-refractivity contribution in [2.24, 2.45) is 11.8 Å². The van der Waals surface area contributed by atoms with Gasteiger partial charge in [0, 0.05) is 0 Å². The Morgan fingerprint density at radius 3 is 1.95 bits per heavy atom.